The van der Waals surface area contributed by atoms with E-state index >= 15 is 0 Å². The molecule has 4 fully saturated rings. The van der Waals surface area contributed by atoms with E-state index in [4.69, 9.17) is 9.72 Å². The summed E-state index contributed by atoms with van der Waals surface area (Å²) in [6, 6.07) is 63.2. The average Bonchev–Trinajstić information content (AvgIpc) is 1.74. The van der Waals surface area contributed by atoms with Crippen molar-refractivity contribution in [3.8, 4) is 33.8 Å². The number of aromatic nitrogens is 6. The highest BCUT2D eigenvalue weighted by Gasteiger charge is 2.29. The molecule has 0 aliphatic carbocycles. The molecule has 12 aromatic rings. The maximum absolute atomic E-state index is 13.2. The van der Waals surface area contributed by atoms with Crippen LogP contribution < -0.4 is 20.4 Å². The first-order chi connectivity index (χ1) is 49.5. The van der Waals surface area contributed by atoms with Crippen molar-refractivity contribution in [3.63, 3.8) is 0 Å². The van der Waals surface area contributed by atoms with Crippen molar-refractivity contribution >= 4 is 51.5 Å². The SMILES string of the molecule is Cc1cccc(-c2ccc(Cc3ccc(N4CCOCC4)cc3)c3nccn23)c1.Cc1ccccc1-c1ccc(Cc2ccc(N3CCN(C(C)C)CC3)cc2)c2nccn12.O=C1NCc2cc(-c3ccc(Nc4ccc(C(=O)N5CCC(N6CCCCC6)CC5)cc4)c4nccn34)ccc21. The molecule has 2 N–H and O–H groups in total. The number of rotatable bonds is 14. The average molecular weight is 1340 g/mol. The number of piperidine rings is 2. The van der Waals surface area contributed by atoms with Crippen LogP contribution >= 0.6 is 0 Å². The molecule has 17 rings (SSSR count). The van der Waals surface area contributed by atoms with Gasteiger partial charge in [-0.1, -0.05) is 96.9 Å². The van der Waals surface area contributed by atoms with E-state index in [9.17, 15) is 9.59 Å². The maximum atomic E-state index is 13.2. The number of pyridine rings is 3. The van der Waals surface area contributed by atoms with Gasteiger partial charge in [-0.05, 0) is 202 Å². The lowest BCUT2D eigenvalue weighted by molar-refractivity contribution is 0.0590. The number of piperazine rings is 1. The van der Waals surface area contributed by atoms with Crippen LogP contribution in [0.25, 0.3) is 50.7 Å². The van der Waals surface area contributed by atoms with Crippen LogP contribution in [0.4, 0.5) is 22.7 Å². The van der Waals surface area contributed by atoms with Gasteiger partial charge >= 0.3 is 0 Å². The summed E-state index contributed by atoms with van der Waals surface area (Å²) in [7, 11) is 0. The first-order valence-electron chi connectivity index (χ1n) is 36.3. The van der Waals surface area contributed by atoms with Crippen LogP contribution in [-0.2, 0) is 24.1 Å². The quantitative estimate of drug-likeness (QED) is 0.108. The number of hydrogen-bond donors (Lipinski definition) is 2. The molecule has 5 aliphatic heterocycles. The zero-order valence-electron chi connectivity index (χ0n) is 58.6. The molecular formula is C85H91N13O3. The Morgan fingerprint density at radius 3 is 1.76 bits per heavy atom. The van der Waals surface area contributed by atoms with Gasteiger partial charge in [0.2, 0.25) is 0 Å². The Hall–Kier alpha value is -10.4. The molecule has 4 saturated heterocycles. The van der Waals surface area contributed by atoms with Gasteiger partial charge in [0, 0.05) is 155 Å². The lowest BCUT2D eigenvalue weighted by atomic mass is 9.99. The highest BCUT2D eigenvalue weighted by molar-refractivity contribution is 5.99. The normalized spacial score (nSPS) is 16.1. The third kappa shape index (κ3) is 14.8. The first-order valence-corrected chi connectivity index (χ1v) is 36.3. The van der Waals surface area contributed by atoms with Gasteiger partial charge in [0.25, 0.3) is 11.8 Å². The van der Waals surface area contributed by atoms with Crippen molar-refractivity contribution in [1.29, 1.82) is 0 Å². The number of fused-ring (bicyclic) bond motifs is 4. The van der Waals surface area contributed by atoms with Gasteiger partial charge in [0.05, 0.1) is 36.0 Å². The molecule has 11 heterocycles. The second-order valence-electron chi connectivity index (χ2n) is 27.9. The lowest BCUT2D eigenvalue weighted by Gasteiger charge is -2.40. The number of nitrogens with zero attached hydrogens (tertiary/aromatic N) is 11. The Kier molecular flexibility index (Phi) is 19.9. The third-order valence-electron chi connectivity index (χ3n) is 21.1. The van der Waals surface area contributed by atoms with Gasteiger partial charge in [0.1, 0.15) is 11.3 Å². The zero-order valence-corrected chi connectivity index (χ0v) is 58.6. The van der Waals surface area contributed by atoms with Crippen LogP contribution in [0.5, 0.6) is 0 Å². The van der Waals surface area contributed by atoms with Crippen molar-refractivity contribution < 1.29 is 14.3 Å². The monoisotopic (exact) mass is 1340 g/mol. The summed E-state index contributed by atoms with van der Waals surface area (Å²) in [4.78, 5) is 51.2. The van der Waals surface area contributed by atoms with E-state index in [0.29, 0.717) is 18.6 Å². The Bertz CT molecular complexity index is 4850. The van der Waals surface area contributed by atoms with E-state index < -0.39 is 0 Å². The van der Waals surface area contributed by atoms with E-state index in [1.165, 1.54) is 99.6 Å². The minimum Gasteiger partial charge on any atom is -0.378 e. The number of aryl methyl sites for hydroxylation is 2. The highest BCUT2D eigenvalue weighted by atomic mass is 16.5. The van der Waals surface area contributed by atoms with Crippen molar-refractivity contribution in [2.24, 2.45) is 0 Å². The van der Waals surface area contributed by atoms with Gasteiger partial charge in [-0.25, -0.2) is 15.0 Å². The molecule has 16 heteroatoms. The fraction of sp³-hybridized carbons (Fsp3) is 0.306. The number of ether oxygens (including phenoxy) is 1. The predicted octanol–water partition coefficient (Wildman–Crippen LogP) is 15.2. The van der Waals surface area contributed by atoms with E-state index in [1.54, 1.807) is 6.20 Å². The van der Waals surface area contributed by atoms with Crippen molar-refractivity contribution in [1.82, 2.24) is 48.2 Å². The Morgan fingerprint density at radius 1 is 0.545 bits per heavy atom. The van der Waals surface area contributed by atoms with Gasteiger partial charge < -0.3 is 35.0 Å². The molecule has 0 atom stereocenters. The second-order valence-corrected chi connectivity index (χ2v) is 27.9. The van der Waals surface area contributed by atoms with E-state index in [1.807, 2.05) is 66.0 Å². The second kappa shape index (κ2) is 30.2. The number of carbonyl (C=O) groups is 2. The lowest BCUT2D eigenvalue weighted by Crippen LogP contribution is -2.48. The molecule has 0 spiro atoms. The minimum atomic E-state index is -0.0148. The number of amides is 2. The van der Waals surface area contributed by atoms with Gasteiger partial charge in [-0.2, -0.15) is 0 Å². The van der Waals surface area contributed by atoms with E-state index in [-0.39, 0.29) is 11.8 Å². The summed E-state index contributed by atoms with van der Waals surface area (Å²) < 4.78 is 11.9. The maximum Gasteiger partial charge on any atom is 0.253 e. The number of benzene rings is 6. The zero-order chi connectivity index (χ0) is 68.8. The Morgan fingerprint density at radius 2 is 1.13 bits per heavy atom. The summed E-state index contributed by atoms with van der Waals surface area (Å²) in [5.41, 5.74) is 24.3. The van der Waals surface area contributed by atoms with Crippen LogP contribution in [0.3, 0.4) is 0 Å². The standard InChI is InChI=1S/C32H34N6O2.C28H32N4.C25H25N3O/c39-31-27-9-6-23(20-24(27)21-34-31)29-11-10-28(30-33-14-19-38(29)30)35-25-7-4-22(5-8-25)32(40)37-17-12-26(13-18-37)36-15-2-1-3-16-36;1-21(2)30-16-18-31(19-17-30)25-11-8-23(9-12-25)20-24-10-13-27(32-15-14-29-28(24)32)26-7-5-4-6-22(26)3;1-19-3-2-4-21(17-19)24-10-7-22(25-26-11-12-28(24)25)18-20-5-8-23(9-6-20)27-13-15-29-16-14-27/h4-11,14,19-20,26,35H,1-3,12-13,15-18,21H2,(H,34,39);4-15,21H,16-20H2,1-3H3;2-12,17H,13-16,18H2,1H3. The molecule has 16 nitrogen and oxygen atoms in total. The molecule has 514 valence electrons. The molecule has 0 saturated carbocycles. The molecule has 6 aromatic heterocycles. The number of morpholine rings is 1. The minimum absolute atomic E-state index is 0.0148. The van der Waals surface area contributed by atoms with Crippen LogP contribution in [0.15, 0.2) is 213 Å². The van der Waals surface area contributed by atoms with Crippen LogP contribution in [0, 0.1) is 13.8 Å². The molecule has 5 aliphatic rings. The number of anilines is 4. The molecule has 0 radical (unpaired) electrons. The number of likely N-dealkylation sites (tertiary alicyclic amines) is 2. The molecule has 0 bridgehead atoms. The molecular weight excluding hydrogens is 1250 g/mol. The Balaban J connectivity index is 0.000000125. The van der Waals surface area contributed by atoms with E-state index in [2.05, 4.69) is 227 Å². The molecule has 0 unspecified atom stereocenters. The van der Waals surface area contributed by atoms with Crippen molar-refractivity contribution in [2.45, 2.75) is 91.3 Å². The van der Waals surface area contributed by atoms with Crippen molar-refractivity contribution in [3.05, 3.63) is 263 Å². The van der Waals surface area contributed by atoms with Gasteiger partial charge in [-0.3, -0.25) is 27.7 Å². The summed E-state index contributed by atoms with van der Waals surface area (Å²) in [5, 5.41) is 6.36. The van der Waals surface area contributed by atoms with E-state index in [0.717, 1.165) is 148 Å². The molecule has 6 aromatic carbocycles. The highest BCUT2D eigenvalue weighted by Crippen LogP contribution is 2.33. The number of carbonyl (C=O) groups excluding carboxylic acids is 2. The number of nitrogens with one attached hydrogen (secondary N) is 2. The van der Waals surface area contributed by atoms with Crippen LogP contribution in [0.2, 0.25) is 0 Å². The summed E-state index contributed by atoms with van der Waals surface area (Å²) in [6.07, 6.45) is 19.5. The van der Waals surface area contributed by atoms with Crippen LogP contribution in [0.1, 0.15) is 106 Å². The Labute approximate surface area is 592 Å². The first kappa shape index (κ1) is 66.5. The molecule has 2 amide bonds. The largest absolute Gasteiger partial charge is 0.378 e. The summed E-state index contributed by atoms with van der Waals surface area (Å²) >= 11 is 0. The number of hydrogen-bond acceptors (Lipinski definition) is 11. The smallest absolute Gasteiger partial charge is 0.253 e. The topological polar surface area (TPSA) is 136 Å². The summed E-state index contributed by atoms with van der Waals surface area (Å²) in [5.74, 6) is 0.105. The van der Waals surface area contributed by atoms with Crippen LogP contribution in [-0.4, -0.2) is 145 Å². The summed E-state index contributed by atoms with van der Waals surface area (Å²) in [6.45, 7) is 21.6. The fourth-order valence-corrected chi connectivity index (χ4v) is 15.4. The predicted molar refractivity (Wildman–Crippen MR) is 407 cm³/mol. The number of imidazole rings is 3. The third-order valence-corrected chi connectivity index (χ3v) is 21.1. The van der Waals surface area contributed by atoms with Gasteiger partial charge in [0.15, 0.2) is 5.65 Å². The van der Waals surface area contributed by atoms with Gasteiger partial charge in [-0.15, -0.1) is 0 Å². The fourth-order valence-electron chi connectivity index (χ4n) is 15.4. The molecule has 101 heavy (non-hydrogen) atoms. The van der Waals surface area contributed by atoms with Crippen molar-refractivity contribution in [2.75, 3.05) is 93.8 Å².